The third-order valence-corrected chi connectivity index (χ3v) is 14.4. The number of carbonyl (C=O) groups excluding carboxylic acids is 3. The number of nitrogens with one attached hydrogen (secondary N) is 4. The van der Waals surface area contributed by atoms with Gasteiger partial charge in [-0.1, -0.05) is 100 Å². The first-order chi connectivity index (χ1) is 40.8. The quantitative estimate of drug-likeness (QED) is 0.0136. The number of imidazole rings is 3. The second kappa shape index (κ2) is 30.8. The van der Waals surface area contributed by atoms with Gasteiger partial charge in [-0.25, -0.2) is 31.4 Å². The highest BCUT2D eigenvalue weighted by molar-refractivity contribution is 7.98. The first kappa shape index (κ1) is 63.9. The second-order valence-corrected chi connectivity index (χ2v) is 23.7. The molecular formula is C65H77N13O6S. The van der Waals surface area contributed by atoms with Crippen molar-refractivity contribution >= 4 is 80.8 Å². The molecule has 0 aliphatic carbocycles. The molecule has 0 fully saturated rings. The van der Waals surface area contributed by atoms with E-state index < -0.39 is 17.7 Å². The lowest BCUT2D eigenvalue weighted by Gasteiger charge is -2.29. The van der Waals surface area contributed by atoms with E-state index in [0.29, 0.717) is 0 Å². The molecule has 0 aliphatic heterocycles. The lowest BCUT2D eigenvalue weighted by molar-refractivity contribution is -0.124. The molecule has 0 radical (unpaired) electrons. The Bertz CT molecular complexity index is 3550. The Labute approximate surface area is 500 Å². The predicted octanol–water partition coefficient (Wildman–Crippen LogP) is 10.0. The van der Waals surface area contributed by atoms with E-state index >= 15 is 0 Å². The number of aromatic amines is 1. The Hall–Kier alpha value is -8.63. The molecule has 0 saturated carbocycles. The number of H-pyrrole nitrogens is 1. The summed E-state index contributed by atoms with van der Waals surface area (Å²) in [7, 11) is 8.39. The first-order valence-electron chi connectivity index (χ1n) is 27.9. The van der Waals surface area contributed by atoms with Crippen LogP contribution >= 0.6 is 11.8 Å². The molecule has 9 rings (SSSR count). The van der Waals surface area contributed by atoms with Crippen molar-refractivity contribution in [2.45, 2.75) is 77.4 Å². The molecule has 3 amide bonds. The van der Waals surface area contributed by atoms with Gasteiger partial charge >= 0.3 is 0 Å². The molecule has 0 aliphatic rings. The summed E-state index contributed by atoms with van der Waals surface area (Å²) in [6.45, 7) is 12.7. The Morgan fingerprint density at radius 1 is 0.553 bits per heavy atom. The molecule has 0 atom stereocenters. The summed E-state index contributed by atoms with van der Waals surface area (Å²) in [5.41, 5.74) is 16.8. The molecule has 0 bridgehead atoms. The molecular weight excluding hydrogens is 1090 g/mol. The van der Waals surface area contributed by atoms with Gasteiger partial charge in [-0.15, -0.1) is 0 Å². The van der Waals surface area contributed by atoms with E-state index in [2.05, 4.69) is 137 Å². The minimum Gasteiger partial charge on any atom is -0.342 e. The molecule has 85 heavy (non-hydrogen) atoms. The van der Waals surface area contributed by atoms with E-state index in [1.54, 1.807) is 58.8 Å². The summed E-state index contributed by atoms with van der Waals surface area (Å²) in [5.74, 6) is 1.12. The van der Waals surface area contributed by atoms with Crippen molar-refractivity contribution in [1.29, 1.82) is 0 Å². The van der Waals surface area contributed by atoms with Crippen LogP contribution in [0.4, 0.5) is 0 Å². The van der Waals surface area contributed by atoms with Crippen LogP contribution in [0, 0.1) is 10.8 Å². The molecule has 7 N–H and O–H groups in total. The van der Waals surface area contributed by atoms with Crippen molar-refractivity contribution < 1.29 is 30.0 Å². The summed E-state index contributed by atoms with van der Waals surface area (Å²) in [5, 5.41) is 26.8. The fourth-order valence-corrected chi connectivity index (χ4v) is 11.1. The molecule has 0 saturated heterocycles. The van der Waals surface area contributed by atoms with E-state index in [0.717, 1.165) is 124 Å². The zero-order valence-electron chi connectivity index (χ0n) is 49.5. The standard InChI is InChI=1S/C24H31N5O2.C24H30N4O2S.C17H16N4O2/c1-24(2,16-28(3)4)17-29-21-10-7-18(9-12-23(30)27-31)14-20(21)26-22(29)11-8-19-6-5-13-25-15-19;1-24(2,16-27(3)4)17-28-21-12-10-18(11-13-22(29)26-30)14-20(21)25-23(28)31-15-19-8-6-5-7-9-19;22-17(21-23)8-5-12-3-6-14-15(10-12)20-16(19-14)7-4-13-2-1-9-18-11-13/h5-7,9-10,12-15,31H,8,11,16-17H2,1-4H3,(H,27,30);5-14,30H,15-17H2,1-4H3,(H,26,29);1-3,5-6,8-11,23H,4,7H2,(H,19,20)(H,21,22)/b12-9+;13-11+;8-5+. The summed E-state index contributed by atoms with van der Waals surface area (Å²) in [4.78, 5) is 64.1. The molecule has 444 valence electrons. The van der Waals surface area contributed by atoms with E-state index in [4.69, 9.17) is 25.6 Å². The number of fused-ring (bicyclic) bond motifs is 3. The summed E-state index contributed by atoms with van der Waals surface area (Å²) in [6, 6.07) is 36.1. The fourth-order valence-electron chi connectivity index (χ4n) is 10.1. The number of hydroxylamine groups is 3. The predicted molar refractivity (Wildman–Crippen MR) is 336 cm³/mol. The lowest BCUT2D eigenvalue weighted by Crippen LogP contribution is -2.32. The van der Waals surface area contributed by atoms with Crippen LogP contribution < -0.4 is 16.4 Å². The Morgan fingerprint density at radius 2 is 1.04 bits per heavy atom. The van der Waals surface area contributed by atoms with Gasteiger partial charge in [0.1, 0.15) is 11.6 Å². The largest absolute Gasteiger partial charge is 0.342 e. The van der Waals surface area contributed by atoms with Crippen molar-refractivity contribution in [3.8, 4) is 0 Å². The summed E-state index contributed by atoms with van der Waals surface area (Å²) in [6.07, 6.45) is 19.5. The Balaban J connectivity index is 0.000000185. The van der Waals surface area contributed by atoms with Crippen molar-refractivity contribution in [1.82, 2.24) is 65.3 Å². The number of rotatable bonds is 23. The van der Waals surface area contributed by atoms with Gasteiger partial charge in [0.25, 0.3) is 17.7 Å². The van der Waals surface area contributed by atoms with Crippen LogP contribution in [0.1, 0.15) is 72.7 Å². The van der Waals surface area contributed by atoms with Gasteiger partial charge in [-0.05, 0) is 152 Å². The maximum Gasteiger partial charge on any atom is 0.267 e. The van der Waals surface area contributed by atoms with Crippen molar-refractivity contribution in [2.24, 2.45) is 10.8 Å². The van der Waals surface area contributed by atoms with E-state index in [1.807, 2.05) is 79.1 Å². The average Bonchev–Trinajstić information content (AvgIpc) is 2.38. The van der Waals surface area contributed by atoms with Crippen LogP contribution in [0.15, 0.2) is 157 Å². The number of pyridine rings is 2. The van der Waals surface area contributed by atoms with Crippen LogP contribution in [-0.4, -0.2) is 123 Å². The minimum atomic E-state index is -0.563. The number of hydrogen-bond acceptors (Lipinski definition) is 14. The summed E-state index contributed by atoms with van der Waals surface area (Å²) < 4.78 is 4.63. The average molecular weight is 1170 g/mol. The SMILES string of the molecule is CN(C)CC(C)(C)Cn1c(CCc2cccnc2)nc2cc(/C=C/C(=O)NO)ccc21.CN(C)CC(C)(C)Cn1c(SCc2ccccc2)nc2cc(/C=C/C(=O)NO)ccc21.O=C(/C=C/c1ccc2nc(CCc3cccnc3)[nH]c2c1)NO. The topological polar surface area (TPSA) is 245 Å². The van der Waals surface area contributed by atoms with Crippen molar-refractivity contribution in [2.75, 3.05) is 41.3 Å². The molecule has 5 heterocycles. The van der Waals surface area contributed by atoms with Gasteiger partial charge in [0.05, 0.1) is 33.1 Å². The van der Waals surface area contributed by atoms with Crippen LogP contribution in [-0.2, 0) is 58.9 Å². The highest BCUT2D eigenvalue weighted by Gasteiger charge is 2.25. The molecule has 0 unspecified atom stereocenters. The van der Waals surface area contributed by atoms with E-state index in [9.17, 15) is 14.4 Å². The molecule has 4 aromatic carbocycles. The zero-order valence-corrected chi connectivity index (χ0v) is 50.3. The number of amides is 3. The van der Waals surface area contributed by atoms with Crippen LogP contribution in [0.5, 0.6) is 0 Å². The normalized spacial score (nSPS) is 11.9. The number of nitrogens with zero attached hydrogens (tertiary/aromatic N) is 9. The number of carbonyl (C=O) groups is 3. The molecule has 19 nitrogen and oxygen atoms in total. The van der Waals surface area contributed by atoms with Gasteiger partial charge in [-0.2, -0.15) is 0 Å². The molecule has 20 heteroatoms. The van der Waals surface area contributed by atoms with Crippen LogP contribution in [0.3, 0.4) is 0 Å². The number of benzene rings is 4. The van der Waals surface area contributed by atoms with Gasteiger partial charge in [0, 0.05) is 87.8 Å². The van der Waals surface area contributed by atoms with Crippen LogP contribution in [0.25, 0.3) is 51.3 Å². The van der Waals surface area contributed by atoms with Gasteiger partial charge < -0.3 is 23.9 Å². The lowest BCUT2D eigenvalue weighted by atomic mass is 9.92. The monoisotopic (exact) mass is 1170 g/mol. The molecule has 0 spiro atoms. The fraction of sp³-hybridized carbons (Fsp3) is 0.292. The first-order valence-corrected chi connectivity index (χ1v) is 28.9. The van der Waals surface area contributed by atoms with Crippen molar-refractivity contribution in [3.63, 3.8) is 0 Å². The smallest absolute Gasteiger partial charge is 0.267 e. The third kappa shape index (κ3) is 20.0. The van der Waals surface area contributed by atoms with E-state index in [-0.39, 0.29) is 10.8 Å². The van der Waals surface area contributed by atoms with E-state index in [1.165, 1.54) is 34.9 Å². The zero-order chi connectivity index (χ0) is 60.9. The number of aromatic nitrogens is 8. The minimum absolute atomic E-state index is 0.0664. The number of thioether (sulfide) groups is 1. The molecule has 5 aromatic heterocycles. The van der Waals surface area contributed by atoms with Gasteiger partial charge in [0.15, 0.2) is 5.16 Å². The van der Waals surface area contributed by atoms with Crippen molar-refractivity contribution in [3.05, 3.63) is 197 Å². The number of aryl methyl sites for hydroxylation is 4. The second-order valence-electron chi connectivity index (χ2n) is 22.8. The number of hydrogen-bond donors (Lipinski definition) is 7. The highest BCUT2D eigenvalue weighted by atomic mass is 32.2. The van der Waals surface area contributed by atoms with Gasteiger partial charge in [0.2, 0.25) is 0 Å². The third-order valence-electron chi connectivity index (χ3n) is 13.4. The Morgan fingerprint density at radius 3 is 1.55 bits per heavy atom. The maximum atomic E-state index is 11.3. The van der Waals surface area contributed by atoms with Gasteiger partial charge in [-0.3, -0.25) is 40.0 Å². The maximum absolute atomic E-state index is 11.3. The Kier molecular flexibility index (Phi) is 23.2. The van der Waals surface area contributed by atoms with Crippen LogP contribution in [0.2, 0.25) is 0 Å². The highest BCUT2D eigenvalue weighted by Crippen LogP contribution is 2.32. The molecule has 9 aromatic rings. The summed E-state index contributed by atoms with van der Waals surface area (Å²) >= 11 is 1.74.